The van der Waals surface area contributed by atoms with Crippen LogP contribution < -0.4 is 0 Å². The second-order valence-electron chi connectivity index (χ2n) is 16.0. The predicted octanol–water partition coefficient (Wildman–Crippen LogP) is 14.2. The van der Waals surface area contributed by atoms with Crippen LogP contribution in [0.15, 0.2) is 218 Å². The third kappa shape index (κ3) is 5.48. The highest BCUT2D eigenvalue weighted by Crippen LogP contribution is 2.40. The molecule has 0 aliphatic carbocycles. The lowest BCUT2D eigenvalue weighted by atomic mass is 10.0. The molecule has 0 N–H and O–H groups in total. The highest BCUT2D eigenvalue weighted by molar-refractivity contribution is 6.12. The van der Waals surface area contributed by atoms with Crippen LogP contribution in [0.5, 0.6) is 0 Å². The molecule has 0 saturated carbocycles. The van der Waals surface area contributed by atoms with E-state index in [0.29, 0.717) is 17.6 Å². The molecule has 0 aliphatic rings. The highest BCUT2D eigenvalue weighted by Gasteiger charge is 2.23. The number of hydrogen-bond acceptors (Lipinski definition) is 3. The number of para-hydroxylation sites is 6. The van der Waals surface area contributed by atoms with Crippen molar-refractivity contribution in [2.45, 2.75) is 0 Å². The Morgan fingerprint density at radius 2 is 0.714 bits per heavy atom. The van der Waals surface area contributed by atoms with Gasteiger partial charge in [-0.1, -0.05) is 146 Å². The van der Waals surface area contributed by atoms with Crippen molar-refractivity contribution in [2.75, 3.05) is 0 Å². The fourth-order valence-corrected chi connectivity index (χ4v) is 9.72. The first kappa shape index (κ1) is 35.2. The van der Waals surface area contributed by atoms with Crippen LogP contribution in [0.2, 0.25) is 0 Å². The molecule has 4 aromatic heterocycles. The maximum Gasteiger partial charge on any atom is 0.238 e. The van der Waals surface area contributed by atoms with E-state index < -0.39 is 0 Å². The van der Waals surface area contributed by atoms with E-state index in [1.54, 1.807) is 0 Å². The minimum absolute atomic E-state index is 0.555. The predicted molar refractivity (Wildman–Crippen MR) is 259 cm³/mol. The number of fused-ring (bicyclic) bond motifs is 9. The van der Waals surface area contributed by atoms with E-state index in [4.69, 9.17) is 15.0 Å². The Morgan fingerprint density at radius 1 is 0.270 bits per heavy atom. The molecule has 6 nitrogen and oxygen atoms in total. The van der Waals surface area contributed by atoms with Crippen molar-refractivity contribution in [1.29, 1.82) is 0 Å². The van der Waals surface area contributed by atoms with E-state index in [1.165, 1.54) is 16.2 Å². The Kier molecular flexibility index (Phi) is 7.80. The molecule has 0 amide bonds. The summed E-state index contributed by atoms with van der Waals surface area (Å²) in [6, 6.07) is 77.3. The Balaban J connectivity index is 1.12. The first-order valence-corrected chi connectivity index (χ1v) is 21.3. The van der Waals surface area contributed by atoms with Gasteiger partial charge in [0, 0.05) is 49.1 Å². The molecular formula is C57H36N6. The molecular weight excluding hydrogens is 769 g/mol. The smallest absolute Gasteiger partial charge is 0.238 e. The van der Waals surface area contributed by atoms with Gasteiger partial charge in [0.25, 0.3) is 0 Å². The van der Waals surface area contributed by atoms with Gasteiger partial charge in [0.05, 0.1) is 38.8 Å². The minimum atomic E-state index is 0.555. The molecule has 9 aromatic carbocycles. The van der Waals surface area contributed by atoms with Gasteiger partial charge in [-0.3, -0.25) is 4.57 Å². The average molecular weight is 805 g/mol. The van der Waals surface area contributed by atoms with Crippen LogP contribution in [0, 0.1) is 0 Å². The molecule has 0 saturated heterocycles. The monoisotopic (exact) mass is 804 g/mol. The molecule has 0 fully saturated rings. The third-order valence-corrected chi connectivity index (χ3v) is 12.5. The van der Waals surface area contributed by atoms with E-state index >= 15 is 0 Å². The van der Waals surface area contributed by atoms with Crippen molar-refractivity contribution in [3.63, 3.8) is 0 Å². The van der Waals surface area contributed by atoms with E-state index in [1.807, 2.05) is 0 Å². The summed E-state index contributed by atoms with van der Waals surface area (Å²) in [6.45, 7) is 0. The largest absolute Gasteiger partial charge is 0.309 e. The van der Waals surface area contributed by atoms with Gasteiger partial charge in [-0.05, 0) is 83.9 Å². The number of nitrogens with zero attached hydrogens (tertiary/aromatic N) is 6. The van der Waals surface area contributed by atoms with Crippen molar-refractivity contribution in [3.8, 4) is 51.2 Å². The first-order chi connectivity index (χ1) is 31.3. The quantitative estimate of drug-likeness (QED) is 0.168. The summed E-state index contributed by atoms with van der Waals surface area (Å²) in [5, 5.41) is 6.96. The van der Waals surface area contributed by atoms with Gasteiger partial charge in [0.2, 0.25) is 5.95 Å². The van der Waals surface area contributed by atoms with Crippen LogP contribution in [0.4, 0.5) is 0 Å². The van der Waals surface area contributed by atoms with Crippen molar-refractivity contribution >= 4 is 65.4 Å². The molecule has 13 aromatic rings. The van der Waals surface area contributed by atoms with Gasteiger partial charge in [0.1, 0.15) is 0 Å². The normalized spacial score (nSPS) is 11.8. The Morgan fingerprint density at radius 3 is 1.30 bits per heavy atom. The number of benzene rings is 9. The fourth-order valence-electron chi connectivity index (χ4n) is 9.72. The van der Waals surface area contributed by atoms with Crippen molar-refractivity contribution < 1.29 is 0 Å². The van der Waals surface area contributed by atoms with Crippen LogP contribution in [0.3, 0.4) is 0 Å². The Hall–Kier alpha value is -8.61. The van der Waals surface area contributed by atoms with E-state index in [0.717, 1.165) is 82.9 Å². The van der Waals surface area contributed by atoms with Crippen molar-refractivity contribution in [2.24, 2.45) is 0 Å². The van der Waals surface area contributed by atoms with Crippen LogP contribution in [0.1, 0.15) is 0 Å². The maximum atomic E-state index is 5.48. The Labute approximate surface area is 362 Å². The lowest BCUT2D eigenvalue weighted by Gasteiger charge is -2.17. The highest BCUT2D eigenvalue weighted by atomic mass is 15.2. The Bertz CT molecular complexity index is 3810. The number of aromatic nitrogens is 6. The summed E-state index contributed by atoms with van der Waals surface area (Å²) in [4.78, 5) is 16.4. The van der Waals surface area contributed by atoms with Gasteiger partial charge in [-0.25, -0.2) is 4.98 Å². The van der Waals surface area contributed by atoms with Crippen LogP contribution in [-0.4, -0.2) is 28.7 Å². The summed E-state index contributed by atoms with van der Waals surface area (Å²) in [6.07, 6.45) is 0. The molecule has 294 valence electrons. The third-order valence-electron chi connectivity index (χ3n) is 12.5. The van der Waals surface area contributed by atoms with Crippen molar-refractivity contribution in [1.82, 2.24) is 28.7 Å². The number of hydrogen-bond donors (Lipinski definition) is 0. The van der Waals surface area contributed by atoms with Gasteiger partial charge < -0.3 is 9.13 Å². The van der Waals surface area contributed by atoms with Gasteiger partial charge in [0.15, 0.2) is 11.6 Å². The van der Waals surface area contributed by atoms with Crippen LogP contribution in [0.25, 0.3) is 117 Å². The molecule has 0 bridgehead atoms. The molecule has 4 heterocycles. The number of rotatable bonds is 6. The zero-order chi connectivity index (χ0) is 41.4. The molecule has 63 heavy (non-hydrogen) atoms. The van der Waals surface area contributed by atoms with Gasteiger partial charge >= 0.3 is 0 Å². The van der Waals surface area contributed by atoms with E-state index in [2.05, 4.69) is 232 Å². The molecule has 0 radical (unpaired) electrons. The summed E-state index contributed by atoms with van der Waals surface area (Å²) in [7, 11) is 0. The SMILES string of the molecule is c1ccc(-c2ccc(-c3nc(-c4ccc5c(c4)c4ccccc4n5-c4ccccc4)nc(-n4c5ccccc5c5ccccc54)n3)c(-n3c4ccccc4c4ccccc43)c2)cc1. The zero-order valence-corrected chi connectivity index (χ0v) is 34.0. The summed E-state index contributed by atoms with van der Waals surface area (Å²) >= 11 is 0. The standard InChI is InChI=1S/C57H36N6/c1-3-17-37(18-4-1)38-31-33-46(54(36-38)62-49-27-13-7-21-41(49)42-22-8-14-28-50(42)62)56-58-55(59-57(60-56)63-51-29-15-9-23-43(51)44-24-10-16-30-52(44)63)39-32-34-53-47(35-39)45-25-11-12-26-48(45)61(53)40-19-5-2-6-20-40/h1-36H. The van der Waals surface area contributed by atoms with Crippen LogP contribution in [-0.2, 0) is 0 Å². The molecule has 0 aliphatic heterocycles. The summed E-state index contributed by atoms with van der Waals surface area (Å²) in [5.74, 6) is 1.73. The minimum Gasteiger partial charge on any atom is -0.309 e. The fraction of sp³-hybridized carbons (Fsp3) is 0. The van der Waals surface area contributed by atoms with E-state index in [9.17, 15) is 0 Å². The van der Waals surface area contributed by atoms with Gasteiger partial charge in [-0.2, -0.15) is 9.97 Å². The average Bonchev–Trinajstić information content (AvgIpc) is 4.00. The molecule has 0 atom stereocenters. The van der Waals surface area contributed by atoms with Crippen molar-refractivity contribution in [3.05, 3.63) is 218 Å². The van der Waals surface area contributed by atoms with Crippen LogP contribution >= 0.6 is 0 Å². The van der Waals surface area contributed by atoms with Gasteiger partial charge in [-0.15, -0.1) is 0 Å². The topological polar surface area (TPSA) is 53.5 Å². The zero-order valence-electron chi connectivity index (χ0n) is 34.0. The van der Waals surface area contributed by atoms with E-state index in [-0.39, 0.29) is 0 Å². The molecule has 13 rings (SSSR count). The lowest BCUT2D eigenvalue weighted by Crippen LogP contribution is -2.08. The second kappa shape index (κ2) is 14.0. The first-order valence-electron chi connectivity index (χ1n) is 21.3. The molecule has 0 unspecified atom stereocenters. The second-order valence-corrected chi connectivity index (χ2v) is 16.0. The molecule has 6 heteroatoms. The lowest BCUT2D eigenvalue weighted by molar-refractivity contribution is 0.952. The maximum absolute atomic E-state index is 5.48. The summed E-state index contributed by atoms with van der Waals surface area (Å²) in [5.41, 5.74) is 12.7. The molecule has 0 spiro atoms. The summed E-state index contributed by atoms with van der Waals surface area (Å²) < 4.78 is 6.90.